The van der Waals surface area contributed by atoms with Gasteiger partial charge in [-0.05, 0) is 77.9 Å². The van der Waals surface area contributed by atoms with Crippen molar-refractivity contribution in [3.8, 4) is 0 Å². The van der Waals surface area contributed by atoms with E-state index in [0.29, 0.717) is 0 Å². The Labute approximate surface area is 289 Å². The first-order valence-electron chi connectivity index (χ1n) is 16.8. The van der Waals surface area contributed by atoms with Gasteiger partial charge in [-0.3, -0.25) is 0 Å². The first kappa shape index (κ1) is 39.0. The molecular formula is C42H59GeSi2. The molecule has 0 nitrogen and oxygen atoms in total. The number of hydrogen-bond donors (Lipinski definition) is 0. The van der Waals surface area contributed by atoms with Crippen molar-refractivity contribution in [2.75, 3.05) is 0 Å². The van der Waals surface area contributed by atoms with Crippen molar-refractivity contribution in [3.05, 3.63) is 115 Å². The molecule has 0 bridgehead atoms. The van der Waals surface area contributed by atoms with Crippen molar-refractivity contribution < 1.29 is 0 Å². The van der Waals surface area contributed by atoms with Crippen LogP contribution in [0.15, 0.2) is 48.5 Å². The number of benzene rings is 4. The van der Waals surface area contributed by atoms with Crippen LogP contribution in [-0.2, 0) is 0 Å². The molecule has 0 heterocycles. The Morgan fingerprint density at radius 3 is 0.756 bits per heavy atom. The van der Waals surface area contributed by atoms with Crippen molar-refractivity contribution in [2.24, 2.45) is 0 Å². The Morgan fingerprint density at radius 2 is 0.578 bits per heavy atom. The van der Waals surface area contributed by atoms with Gasteiger partial charge in [-0.2, -0.15) is 0 Å². The van der Waals surface area contributed by atoms with Gasteiger partial charge in [-0.25, -0.2) is 0 Å². The minimum absolute atomic E-state index is 0.137. The molecule has 0 aromatic heterocycles. The van der Waals surface area contributed by atoms with Crippen LogP contribution in [-0.4, -0.2) is 34.1 Å². The van der Waals surface area contributed by atoms with Crippen molar-refractivity contribution in [2.45, 2.75) is 122 Å². The van der Waals surface area contributed by atoms with E-state index in [9.17, 15) is 0 Å². The van der Waals surface area contributed by atoms with Crippen LogP contribution in [0.5, 0.6) is 0 Å². The summed E-state index contributed by atoms with van der Waals surface area (Å²) in [6.45, 7) is 33.8. The second kappa shape index (κ2) is 17.7. The fourth-order valence-corrected chi connectivity index (χ4v) is 12.4. The first-order valence-corrected chi connectivity index (χ1v) is 21.5. The minimum Gasteiger partial charge on any atom is -0.0565 e. The summed E-state index contributed by atoms with van der Waals surface area (Å²) in [7, 11) is -0.970. The van der Waals surface area contributed by atoms with E-state index in [-0.39, 0.29) is 8.80 Å². The Hall–Kier alpha value is -2.14. The molecule has 0 saturated carbocycles. The zero-order chi connectivity index (χ0) is 34.2. The molecule has 4 rings (SSSR count). The molecule has 239 valence electrons. The molecule has 5 radical (unpaired) electrons. The molecule has 0 spiro atoms. The van der Waals surface area contributed by atoms with E-state index in [2.05, 4.69) is 169 Å². The second-order valence-corrected chi connectivity index (χ2v) is 20.2. The number of rotatable bonds is 6. The molecule has 0 N–H and O–H groups in total. The molecule has 0 aliphatic heterocycles. The van der Waals surface area contributed by atoms with Crippen LogP contribution in [0.4, 0.5) is 0 Å². The molecule has 0 saturated heterocycles. The van der Waals surface area contributed by atoms with Gasteiger partial charge in [0.05, 0.1) is 0 Å². The summed E-state index contributed by atoms with van der Waals surface area (Å²) in [6.07, 6.45) is 0. The van der Waals surface area contributed by atoms with Crippen molar-refractivity contribution >= 4 is 54.1 Å². The van der Waals surface area contributed by atoms with Gasteiger partial charge in [-0.1, -0.05) is 125 Å². The van der Waals surface area contributed by atoms with E-state index in [1.807, 2.05) is 0 Å². The monoisotopic (exact) mass is 693 g/mol. The van der Waals surface area contributed by atoms with Gasteiger partial charge in [0.15, 0.2) is 8.80 Å². The standard InChI is InChI=1S/C27H33Si.C9H11Ge.C6H15Si/c1-16-10-19(4)25(20(5)11-16)28(26-21(6)12-17(2)13-22(26)7)27-23(8)14-18(3)15-24(27)9;1-6-4-7(2)9(10)8(3)5-6;1-4-7(5-2)6-3/h10-15H,1-9H3;4-5H,1-3H3;4-6H2,1-3H3. The van der Waals surface area contributed by atoms with Gasteiger partial charge < -0.3 is 0 Å². The first-order chi connectivity index (χ1) is 21.1. The molecular weight excluding hydrogens is 633 g/mol. The van der Waals surface area contributed by atoms with E-state index < -0.39 is 8.80 Å². The van der Waals surface area contributed by atoms with Gasteiger partial charge >= 0.3 is 70.5 Å². The minimum atomic E-state index is -1.11. The average molecular weight is 693 g/mol. The number of aryl methyl sites for hydroxylation is 12. The van der Waals surface area contributed by atoms with Crippen LogP contribution >= 0.6 is 0 Å². The molecule has 4 aromatic rings. The molecule has 3 heteroatoms. The summed E-state index contributed by atoms with van der Waals surface area (Å²) >= 11 is 2.17. The van der Waals surface area contributed by atoms with Crippen LogP contribution in [0, 0.1) is 83.1 Å². The van der Waals surface area contributed by atoms with E-state index in [0.717, 1.165) is 0 Å². The zero-order valence-electron chi connectivity index (χ0n) is 31.2. The zero-order valence-corrected chi connectivity index (χ0v) is 35.3. The smallest absolute Gasteiger partial charge is 0.0565 e. The predicted octanol–water partition coefficient (Wildman–Crippen LogP) is 8.93. The Balaban J connectivity index is 0.000000339. The maximum Gasteiger partial charge on any atom is 0.156 e. The third-order valence-electron chi connectivity index (χ3n) is 8.96. The predicted molar refractivity (Wildman–Crippen MR) is 210 cm³/mol. The largest absolute Gasteiger partial charge is 0.156 e. The van der Waals surface area contributed by atoms with Gasteiger partial charge in [0.25, 0.3) is 0 Å². The maximum absolute atomic E-state index is 2.37. The number of hydrogen-bond acceptors (Lipinski definition) is 0. The van der Waals surface area contributed by atoms with Crippen molar-refractivity contribution in [3.63, 3.8) is 0 Å². The molecule has 4 aromatic carbocycles. The summed E-state index contributed by atoms with van der Waals surface area (Å²) in [5.74, 6) is 0. The van der Waals surface area contributed by atoms with Gasteiger partial charge in [-0.15, -0.1) is 0 Å². The summed E-state index contributed by atoms with van der Waals surface area (Å²) in [4.78, 5) is 0. The van der Waals surface area contributed by atoms with Crippen molar-refractivity contribution in [1.82, 2.24) is 0 Å². The van der Waals surface area contributed by atoms with Crippen LogP contribution in [0.25, 0.3) is 0 Å². The molecule has 45 heavy (non-hydrogen) atoms. The molecule has 0 aliphatic carbocycles. The summed E-state index contributed by atoms with van der Waals surface area (Å²) in [5.41, 5.74) is 16.8. The third-order valence-corrected chi connectivity index (χ3v) is 17.5. The topological polar surface area (TPSA) is 0 Å². The van der Waals surface area contributed by atoms with E-state index in [4.69, 9.17) is 0 Å². The summed E-state index contributed by atoms with van der Waals surface area (Å²) < 4.78 is 1.42. The van der Waals surface area contributed by atoms with Crippen molar-refractivity contribution in [1.29, 1.82) is 0 Å². The second-order valence-electron chi connectivity index (χ2n) is 13.3. The molecule has 0 unspecified atom stereocenters. The van der Waals surface area contributed by atoms with E-state index >= 15 is 0 Å². The average Bonchev–Trinajstić information content (AvgIpc) is 2.91. The summed E-state index contributed by atoms with van der Waals surface area (Å²) in [5, 5.41) is 4.71. The van der Waals surface area contributed by atoms with Crippen LogP contribution in [0.2, 0.25) is 18.1 Å². The maximum atomic E-state index is 2.37. The quantitative estimate of drug-likeness (QED) is 0.140. The van der Waals surface area contributed by atoms with Gasteiger partial charge in [0, 0.05) is 8.80 Å². The normalized spacial score (nSPS) is 10.9. The van der Waals surface area contributed by atoms with Crippen LogP contribution in [0.1, 0.15) is 87.5 Å². The SMILES string of the molecule is CC[Si](CC)CC.Cc1cc(C)[c]([Ge])c(C)c1.Cc1cc(C)c([Si](c2c(C)cc(C)cc2C)c2c(C)cc(C)cc2C)c(C)c1. The fraction of sp³-hybridized carbons (Fsp3) is 0.429. The fourth-order valence-electron chi connectivity index (χ4n) is 7.03. The van der Waals surface area contributed by atoms with Crippen LogP contribution < -0.4 is 20.0 Å². The Morgan fingerprint density at radius 1 is 0.378 bits per heavy atom. The Bertz CT molecular complexity index is 1360. The van der Waals surface area contributed by atoms with Crippen LogP contribution in [0.3, 0.4) is 0 Å². The molecule has 0 amide bonds. The Kier molecular flexibility index (Phi) is 15.3. The van der Waals surface area contributed by atoms with Gasteiger partial charge in [0.1, 0.15) is 0 Å². The van der Waals surface area contributed by atoms with E-state index in [1.54, 1.807) is 15.6 Å². The van der Waals surface area contributed by atoms with Gasteiger partial charge in [0.2, 0.25) is 0 Å². The third kappa shape index (κ3) is 10.4. The molecule has 0 aliphatic rings. The summed E-state index contributed by atoms with van der Waals surface area (Å²) in [6, 6.07) is 23.0. The molecule has 0 fully saturated rings. The molecule has 0 atom stereocenters. The van der Waals surface area contributed by atoms with E-state index in [1.165, 1.54) is 89.3 Å².